The second-order valence-electron chi connectivity index (χ2n) is 3.47. The average Bonchev–Trinajstić information content (AvgIpc) is 2.33. The molecule has 12 heavy (non-hydrogen) atoms. The Kier molecular flexibility index (Phi) is 4.89. The van der Waals surface area contributed by atoms with Crippen LogP contribution in [0.5, 0.6) is 0 Å². The lowest BCUT2D eigenvalue weighted by Gasteiger charge is -2.07. The molecule has 1 heteroatoms. The van der Waals surface area contributed by atoms with E-state index in [9.17, 15) is 0 Å². The van der Waals surface area contributed by atoms with Gasteiger partial charge in [-0.1, -0.05) is 19.8 Å². The highest BCUT2D eigenvalue weighted by molar-refractivity contribution is 4.94. The molecule has 0 heterocycles. The van der Waals surface area contributed by atoms with E-state index in [4.69, 9.17) is 4.74 Å². The van der Waals surface area contributed by atoms with Crippen LogP contribution in [-0.4, -0.2) is 6.61 Å². The van der Waals surface area contributed by atoms with Crippen molar-refractivity contribution in [3.05, 3.63) is 11.8 Å². The average molecular weight is 168 g/mol. The van der Waals surface area contributed by atoms with Crippen LogP contribution in [0.4, 0.5) is 0 Å². The van der Waals surface area contributed by atoms with Crippen LogP contribution in [0, 0.1) is 0 Å². The van der Waals surface area contributed by atoms with Crippen molar-refractivity contribution in [3.63, 3.8) is 0 Å². The van der Waals surface area contributed by atoms with Gasteiger partial charge in [0.05, 0.1) is 12.4 Å². The Balaban J connectivity index is 2.15. The molecule has 0 aromatic carbocycles. The predicted octanol–water partition coefficient (Wildman–Crippen LogP) is 3.65. The van der Waals surface area contributed by atoms with Crippen LogP contribution in [0.3, 0.4) is 0 Å². The van der Waals surface area contributed by atoms with E-state index in [1.165, 1.54) is 50.7 Å². The molecule has 0 amide bonds. The first-order valence-corrected chi connectivity index (χ1v) is 5.25. The molecule has 70 valence electrons. The second kappa shape index (κ2) is 6.10. The number of ether oxygens (including phenoxy) is 1. The topological polar surface area (TPSA) is 9.23 Å². The predicted molar refractivity (Wildman–Crippen MR) is 52.0 cm³/mol. The van der Waals surface area contributed by atoms with E-state index in [0.29, 0.717) is 0 Å². The van der Waals surface area contributed by atoms with E-state index in [1.807, 2.05) is 0 Å². The van der Waals surface area contributed by atoms with Crippen molar-refractivity contribution in [3.8, 4) is 0 Å². The first kappa shape index (κ1) is 9.63. The zero-order valence-electron chi connectivity index (χ0n) is 8.14. The van der Waals surface area contributed by atoms with Gasteiger partial charge in [-0.05, 0) is 31.8 Å². The minimum atomic E-state index is 0.919. The Morgan fingerprint density at radius 2 is 2.25 bits per heavy atom. The molecular formula is C11H20O. The molecule has 0 spiro atoms. The van der Waals surface area contributed by atoms with Gasteiger partial charge in [-0.2, -0.15) is 0 Å². The van der Waals surface area contributed by atoms with E-state index >= 15 is 0 Å². The molecule has 0 N–H and O–H groups in total. The summed E-state index contributed by atoms with van der Waals surface area (Å²) in [6, 6.07) is 0. The molecule has 0 unspecified atom stereocenters. The van der Waals surface area contributed by atoms with Gasteiger partial charge in [0, 0.05) is 6.42 Å². The molecule has 1 nitrogen and oxygen atoms in total. The van der Waals surface area contributed by atoms with Gasteiger partial charge >= 0.3 is 0 Å². The van der Waals surface area contributed by atoms with Gasteiger partial charge in [-0.25, -0.2) is 0 Å². The van der Waals surface area contributed by atoms with Gasteiger partial charge in [0.15, 0.2) is 0 Å². The smallest absolute Gasteiger partial charge is 0.0919 e. The molecule has 0 saturated carbocycles. The molecule has 0 radical (unpaired) electrons. The van der Waals surface area contributed by atoms with Crippen LogP contribution in [0.25, 0.3) is 0 Å². The highest BCUT2D eigenvalue weighted by atomic mass is 16.5. The Labute approximate surface area is 75.8 Å². The van der Waals surface area contributed by atoms with Crippen LogP contribution in [0.1, 0.15) is 51.9 Å². The molecule has 0 atom stereocenters. The van der Waals surface area contributed by atoms with Crippen LogP contribution < -0.4 is 0 Å². The monoisotopic (exact) mass is 168 g/mol. The third-order valence-corrected chi connectivity index (χ3v) is 2.28. The highest BCUT2D eigenvalue weighted by Gasteiger charge is 2.02. The number of rotatable bonds is 4. The highest BCUT2D eigenvalue weighted by Crippen LogP contribution is 2.17. The van der Waals surface area contributed by atoms with Gasteiger partial charge in [0.1, 0.15) is 0 Å². The summed E-state index contributed by atoms with van der Waals surface area (Å²) < 4.78 is 5.66. The quantitative estimate of drug-likeness (QED) is 0.582. The summed E-state index contributed by atoms with van der Waals surface area (Å²) in [5.41, 5.74) is 0. The van der Waals surface area contributed by atoms with Crippen molar-refractivity contribution in [2.24, 2.45) is 0 Å². The van der Waals surface area contributed by atoms with Crippen molar-refractivity contribution in [1.29, 1.82) is 0 Å². The van der Waals surface area contributed by atoms with Crippen LogP contribution in [0.2, 0.25) is 0 Å². The van der Waals surface area contributed by atoms with Gasteiger partial charge < -0.3 is 4.74 Å². The SMILES string of the molecule is CCCCOC1=CCCCCC1. The maximum Gasteiger partial charge on any atom is 0.0919 e. The molecule has 1 aliphatic carbocycles. The van der Waals surface area contributed by atoms with Gasteiger partial charge in [-0.3, -0.25) is 0 Å². The fraction of sp³-hybridized carbons (Fsp3) is 0.818. The van der Waals surface area contributed by atoms with Crippen molar-refractivity contribution in [2.45, 2.75) is 51.9 Å². The Morgan fingerprint density at radius 3 is 3.08 bits per heavy atom. The standard InChI is InChI=1S/C11H20O/c1-2-3-10-12-11-8-6-4-5-7-9-11/h8H,2-7,9-10H2,1H3. The summed E-state index contributed by atoms with van der Waals surface area (Å²) in [6.45, 7) is 3.12. The Hall–Kier alpha value is -0.460. The lowest BCUT2D eigenvalue weighted by atomic mass is 10.2. The zero-order valence-corrected chi connectivity index (χ0v) is 8.14. The lowest BCUT2D eigenvalue weighted by Crippen LogP contribution is -1.94. The summed E-state index contributed by atoms with van der Waals surface area (Å²) in [7, 11) is 0. The largest absolute Gasteiger partial charge is 0.498 e. The Bertz CT molecular complexity index is 138. The van der Waals surface area contributed by atoms with Crippen molar-refractivity contribution in [1.82, 2.24) is 0 Å². The first-order chi connectivity index (χ1) is 5.93. The molecule has 0 aliphatic heterocycles. The number of hydrogen-bond donors (Lipinski definition) is 0. The van der Waals surface area contributed by atoms with Crippen LogP contribution >= 0.6 is 0 Å². The second-order valence-corrected chi connectivity index (χ2v) is 3.47. The maximum atomic E-state index is 5.66. The van der Waals surface area contributed by atoms with E-state index in [0.717, 1.165) is 6.61 Å². The third-order valence-electron chi connectivity index (χ3n) is 2.28. The first-order valence-electron chi connectivity index (χ1n) is 5.25. The molecule has 1 aliphatic rings. The van der Waals surface area contributed by atoms with Crippen LogP contribution in [-0.2, 0) is 4.74 Å². The maximum absolute atomic E-state index is 5.66. The molecule has 0 fully saturated rings. The summed E-state index contributed by atoms with van der Waals surface area (Å²) in [5, 5.41) is 0. The van der Waals surface area contributed by atoms with Crippen molar-refractivity contribution in [2.75, 3.05) is 6.61 Å². The van der Waals surface area contributed by atoms with Gasteiger partial charge in [-0.15, -0.1) is 0 Å². The summed E-state index contributed by atoms with van der Waals surface area (Å²) in [4.78, 5) is 0. The number of unbranched alkanes of at least 4 members (excludes halogenated alkanes) is 1. The fourth-order valence-corrected chi connectivity index (χ4v) is 1.46. The molecule has 0 bridgehead atoms. The lowest BCUT2D eigenvalue weighted by molar-refractivity contribution is 0.196. The number of hydrogen-bond acceptors (Lipinski definition) is 1. The third kappa shape index (κ3) is 3.80. The van der Waals surface area contributed by atoms with Gasteiger partial charge in [0.2, 0.25) is 0 Å². The molecule has 0 saturated heterocycles. The number of allylic oxidation sites excluding steroid dienone is 2. The summed E-state index contributed by atoms with van der Waals surface area (Å²) in [6.07, 6.45) is 11.1. The van der Waals surface area contributed by atoms with Crippen LogP contribution in [0.15, 0.2) is 11.8 Å². The van der Waals surface area contributed by atoms with E-state index < -0.39 is 0 Å². The van der Waals surface area contributed by atoms with E-state index in [-0.39, 0.29) is 0 Å². The zero-order chi connectivity index (χ0) is 8.65. The van der Waals surface area contributed by atoms with Gasteiger partial charge in [0.25, 0.3) is 0 Å². The Morgan fingerprint density at radius 1 is 1.33 bits per heavy atom. The van der Waals surface area contributed by atoms with E-state index in [1.54, 1.807) is 0 Å². The molecule has 0 aromatic rings. The summed E-state index contributed by atoms with van der Waals surface area (Å²) in [5.74, 6) is 1.25. The minimum Gasteiger partial charge on any atom is -0.498 e. The van der Waals surface area contributed by atoms with Crippen molar-refractivity contribution >= 4 is 0 Å². The summed E-state index contributed by atoms with van der Waals surface area (Å²) >= 11 is 0. The fourth-order valence-electron chi connectivity index (χ4n) is 1.46. The minimum absolute atomic E-state index is 0.919. The van der Waals surface area contributed by atoms with E-state index in [2.05, 4.69) is 13.0 Å². The van der Waals surface area contributed by atoms with Crippen molar-refractivity contribution < 1.29 is 4.74 Å². The molecule has 1 rings (SSSR count). The normalized spacial score (nSPS) is 18.2. The molecule has 0 aromatic heterocycles. The molecular weight excluding hydrogens is 148 g/mol.